The Morgan fingerprint density at radius 2 is 1.42 bits per heavy atom. The zero-order chi connectivity index (χ0) is 15.8. The Labute approximate surface area is 158 Å². The number of halogens is 2. The molecule has 0 aromatic heterocycles. The summed E-state index contributed by atoms with van der Waals surface area (Å²) >= 11 is 0. The van der Waals surface area contributed by atoms with Gasteiger partial charge in [0.1, 0.15) is 12.4 Å². The summed E-state index contributed by atoms with van der Waals surface area (Å²) in [5, 5.41) is 0. The van der Waals surface area contributed by atoms with Crippen LogP contribution in [0.5, 0.6) is 5.75 Å². The molecule has 0 N–H and O–H groups in total. The van der Waals surface area contributed by atoms with E-state index in [1.807, 2.05) is 12.1 Å². The minimum atomic E-state index is 0. The largest absolute Gasteiger partial charge is 0.492 e. The quantitative estimate of drug-likeness (QED) is 0.695. The Hall–Kier alpha value is -1.26. The molecule has 0 aliphatic carbocycles. The van der Waals surface area contributed by atoms with Crippen molar-refractivity contribution in [1.82, 2.24) is 9.80 Å². The molecule has 0 atom stereocenters. The van der Waals surface area contributed by atoms with Crippen molar-refractivity contribution in [2.75, 3.05) is 34.3 Å². The van der Waals surface area contributed by atoms with Crippen molar-refractivity contribution < 1.29 is 4.74 Å². The van der Waals surface area contributed by atoms with Crippen LogP contribution >= 0.6 is 24.8 Å². The lowest BCUT2D eigenvalue weighted by Gasteiger charge is -2.19. The molecular weight excluding hydrogens is 343 g/mol. The number of hydrogen-bond acceptors (Lipinski definition) is 3. The second kappa shape index (κ2) is 12.2. The molecule has 0 heterocycles. The van der Waals surface area contributed by atoms with E-state index in [1.54, 1.807) is 0 Å². The Kier molecular flexibility index (Phi) is 11.5. The van der Waals surface area contributed by atoms with Gasteiger partial charge >= 0.3 is 0 Å². The molecule has 3 nitrogen and oxygen atoms in total. The predicted octanol–water partition coefficient (Wildman–Crippen LogP) is 4.10. The minimum absolute atomic E-state index is 0. The average Bonchev–Trinajstić information content (AvgIpc) is 2.49. The summed E-state index contributed by atoms with van der Waals surface area (Å²) in [6, 6.07) is 18.8. The van der Waals surface area contributed by atoms with Gasteiger partial charge < -0.3 is 9.64 Å². The zero-order valence-electron chi connectivity index (χ0n) is 14.6. The topological polar surface area (TPSA) is 15.7 Å². The highest BCUT2D eigenvalue weighted by atomic mass is 35.5. The van der Waals surface area contributed by atoms with Crippen molar-refractivity contribution >= 4 is 24.8 Å². The minimum Gasteiger partial charge on any atom is -0.492 e. The third-order valence-electron chi connectivity index (χ3n) is 3.49. The van der Waals surface area contributed by atoms with Gasteiger partial charge in [-0.05, 0) is 32.8 Å². The van der Waals surface area contributed by atoms with Gasteiger partial charge in [-0.3, -0.25) is 4.90 Å². The van der Waals surface area contributed by atoms with Crippen molar-refractivity contribution in [3.63, 3.8) is 0 Å². The number of ether oxygens (including phenoxy) is 1. The molecule has 0 aliphatic heterocycles. The summed E-state index contributed by atoms with van der Waals surface area (Å²) < 4.78 is 5.98. The molecule has 24 heavy (non-hydrogen) atoms. The third kappa shape index (κ3) is 8.02. The summed E-state index contributed by atoms with van der Waals surface area (Å²) in [6.07, 6.45) is 0. The number of hydrogen-bond donors (Lipinski definition) is 0. The highest BCUT2D eigenvalue weighted by Gasteiger charge is 2.05. The lowest BCUT2D eigenvalue weighted by Crippen LogP contribution is -2.24. The van der Waals surface area contributed by atoms with Crippen molar-refractivity contribution in [2.24, 2.45) is 0 Å². The number of nitrogens with zero attached hydrogens (tertiary/aromatic N) is 2. The highest BCUT2D eigenvalue weighted by Crippen LogP contribution is 2.19. The predicted molar refractivity (Wildman–Crippen MR) is 107 cm³/mol. The number of benzene rings is 2. The first-order valence-electron chi connectivity index (χ1n) is 7.73. The lowest BCUT2D eigenvalue weighted by molar-refractivity contribution is 0.229. The lowest BCUT2D eigenvalue weighted by atomic mass is 10.2. The molecule has 0 bridgehead atoms. The molecule has 0 fully saturated rings. The maximum atomic E-state index is 5.98. The van der Waals surface area contributed by atoms with E-state index in [9.17, 15) is 0 Å². The SMILES string of the molecule is CN(C)Cc1ccccc1OCCN(C)Cc1ccccc1.Cl.Cl. The van der Waals surface area contributed by atoms with Crippen LogP contribution in [0.3, 0.4) is 0 Å². The van der Waals surface area contributed by atoms with Crippen LogP contribution in [0.2, 0.25) is 0 Å². The molecule has 134 valence electrons. The van der Waals surface area contributed by atoms with E-state index in [4.69, 9.17) is 4.74 Å². The molecule has 2 rings (SSSR count). The summed E-state index contributed by atoms with van der Waals surface area (Å²) in [5.41, 5.74) is 2.57. The smallest absolute Gasteiger partial charge is 0.123 e. The van der Waals surface area contributed by atoms with Crippen molar-refractivity contribution in [2.45, 2.75) is 13.1 Å². The van der Waals surface area contributed by atoms with Gasteiger partial charge in [0.05, 0.1) is 0 Å². The number of rotatable bonds is 8. The zero-order valence-corrected chi connectivity index (χ0v) is 16.3. The van der Waals surface area contributed by atoms with Crippen LogP contribution in [0.15, 0.2) is 54.6 Å². The van der Waals surface area contributed by atoms with Gasteiger partial charge in [-0.25, -0.2) is 0 Å². The normalized spacial score (nSPS) is 10.2. The Balaban J connectivity index is 0.00000264. The highest BCUT2D eigenvalue weighted by molar-refractivity contribution is 5.85. The first kappa shape index (κ1) is 22.7. The Morgan fingerprint density at radius 1 is 0.792 bits per heavy atom. The molecule has 0 amide bonds. The first-order valence-corrected chi connectivity index (χ1v) is 7.73. The standard InChI is InChI=1S/C19H26N2O.2ClH/c1-20(2)16-18-11-7-8-12-19(18)22-14-13-21(3)15-17-9-5-4-6-10-17;;/h4-12H,13-16H2,1-3H3;2*1H. The molecule has 5 heteroatoms. The van der Waals surface area contributed by atoms with E-state index < -0.39 is 0 Å². The summed E-state index contributed by atoms with van der Waals surface area (Å²) in [4.78, 5) is 4.44. The molecule has 0 saturated heterocycles. The fraction of sp³-hybridized carbons (Fsp3) is 0.368. The van der Waals surface area contributed by atoms with Crippen LogP contribution in [-0.2, 0) is 13.1 Å². The van der Waals surface area contributed by atoms with Gasteiger partial charge in [0.2, 0.25) is 0 Å². The summed E-state index contributed by atoms with van der Waals surface area (Å²) in [7, 11) is 6.27. The third-order valence-corrected chi connectivity index (χ3v) is 3.49. The Bertz CT molecular complexity index is 564. The monoisotopic (exact) mass is 370 g/mol. The second-order valence-electron chi connectivity index (χ2n) is 5.92. The van der Waals surface area contributed by atoms with E-state index in [0.717, 1.165) is 25.4 Å². The van der Waals surface area contributed by atoms with Crippen LogP contribution in [-0.4, -0.2) is 44.1 Å². The number of likely N-dealkylation sites (N-methyl/N-ethyl adjacent to an activating group) is 1. The van der Waals surface area contributed by atoms with E-state index in [2.05, 4.69) is 73.4 Å². The molecule has 0 unspecified atom stereocenters. The maximum Gasteiger partial charge on any atom is 0.123 e. The van der Waals surface area contributed by atoms with Crippen LogP contribution < -0.4 is 4.74 Å². The van der Waals surface area contributed by atoms with Crippen molar-refractivity contribution in [1.29, 1.82) is 0 Å². The number of para-hydroxylation sites is 1. The second-order valence-corrected chi connectivity index (χ2v) is 5.92. The van der Waals surface area contributed by atoms with Crippen molar-refractivity contribution in [3.05, 3.63) is 65.7 Å². The Morgan fingerprint density at radius 3 is 2.08 bits per heavy atom. The molecule has 2 aromatic carbocycles. The van der Waals surface area contributed by atoms with E-state index in [0.29, 0.717) is 6.61 Å². The van der Waals surface area contributed by atoms with E-state index >= 15 is 0 Å². The molecule has 0 saturated carbocycles. The van der Waals surface area contributed by atoms with Crippen LogP contribution in [0.25, 0.3) is 0 Å². The maximum absolute atomic E-state index is 5.98. The molecule has 2 aromatic rings. The van der Waals surface area contributed by atoms with Gasteiger partial charge in [-0.2, -0.15) is 0 Å². The summed E-state index contributed by atoms with van der Waals surface area (Å²) in [5.74, 6) is 0.990. The van der Waals surface area contributed by atoms with Gasteiger partial charge in [0, 0.05) is 25.2 Å². The molecule has 0 spiro atoms. The summed E-state index contributed by atoms with van der Waals surface area (Å²) in [6.45, 7) is 3.46. The van der Waals surface area contributed by atoms with Crippen LogP contribution in [0.4, 0.5) is 0 Å². The average molecular weight is 371 g/mol. The van der Waals surface area contributed by atoms with Crippen molar-refractivity contribution in [3.8, 4) is 5.75 Å². The first-order chi connectivity index (χ1) is 10.6. The van der Waals surface area contributed by atoms with Crippen LogP contribution in [0, 0.1) is 0 Å². The van der Waals surface area contributed by atoms with Gasteiger partial charge in [0.25, 0.3) is 0 Å². The van der Waals surface area contributed by atoms with E-state index in [1.165, 1.54) is 11.1 Å². The van der Waals surface area contributed by atoms with Gasteiger partial charge in [0.15, 0.2) is 0 Å². The van der Waals surface area contributed by atoms with Gasteiger partial charge in [-0.15, -0.1) is 24.8 Å². The molecular formula is C19H28Cl2N2O. The van der Waals surface area contributed by atoms with Gasteiger partial charge in [-0.1, -0.05) is 48.5 Å². The van der Waals surface area contributed by atoms with Crippen LogP contribution in [0.1, 0.15) is 11.1 Å². The fourth-order valence-electron chi connectivity index (χ4n) is 2.40. The van der Waals surface area contributed by atoms with E-state index in [-0.39, 0.29) is 24.8 Å². The molecule has 0 aliphatic rings. The fourth-order valence-corrected chi connectivity index (χ4v) is 2.40. The molecule has 0 radical (unpaired) electrons.